The molecule has 1 unspecified atom stereocenters. The van der Waals surface area contributed by atoms with E-state index in [1.807, 2.05) is 0 Å². The molecule has 1 atom stereocenters. The Labute approximate surface area is 121 Å². The Kier molecular flexibility index (Phi) is 4.45. The van der Waals surface area contributed by atoms with Crippen LogP contribution in [0.3, 0.4) is 0 Å². The fourth-order valence-electron chi connectivity index (χ4n) is 2.61. The number of nitrogen functional groups attached to an aromatic ring is 1. The first kappa shape index (κ1) is 14.3. The minimum atomic E-state index is -0.315. The minimum absolute atomic E-state index is 0.123. The van der Waals surface area contributed by atoms with Crippen molar-refractivity contribution in [2.24, 2.45) is 11.7 Å². The number of anilines is 1. The fraction of sp³-hybridized carbons (Fsp3) is 0.500. The summed E-state index contributed by atoms with van der Waals surface area (Å²) in [4.78, 5) is 2.10. The largest absolute Gasteiger partial charge is 0.384 e. The first-order valence-electron chi connectivity index (χ1n) is 6.62. The van der Waals surface area contributed by atoms with Gasteiger partial charge in [0.25, 0.3) is 0 Å². The maximum Gasteiger partial charge on any atom is 0.161 e. The van der Waals surface area contributed by atoms with Crippen LogP contribution in [0.1, 0.15) is 31.7 Å². The number of hydrogen-bond donors (Lipinski definition) is 2. The smallest absolute Gasteiger partial charge is 0.161 e. The van der Waals surface area contributed by atoms with Crippen LogP contribution in [0.15, 0.2) is 16.6 Å². The van der Waals surface area contributed by atoms with E-state index in [2.05, 4.69) is 27.8 Å². The zero-order valence-corrected chi connectivity index (χ0v) is 12.6. The molecule has 1 heterocycles. The van der Waals surface area contributed by atoms with Gasteiger partial charge in [0.2, 0.25) is 0 Å². The van der Waals surface area contributed by atoms with E-state index >= 15 is 0 Å². The van der Waals surface area contributed by atoms with Crippen molar-refractivity contribution in [1.29, 1.82) is 5.41 Å². The third kappa shape index (κ3) is 2.91. The van der Waals surface area contributed by atoms with Crippen LogP contribution in [0.4, 0.5) is 10.1 Å². The molecule has 19 heavy (non-hydrogen) atoms. The number of piperidine rings is 1. The standard InChI is InChI=1S/C14H19BrFN3/c1-2-9-4-3-7-19(8-9)11-6-5-10(14(17)18)12(15)13(11)16/h5-6,9H,2-4,7-8H2,1H3,(H3,17,18). The van der Waals surface area contributed by atoms with Gasteiger partial charge in [-0.1, -0.05) is 13.3 Å². The Bertz CT molecular complexity index is 490. The van der Waals surface area contributed by atoms with E-state index in [0.717, 1.165) is 25.9 Å². The van der Waals surface area contributed by atoms with Crippen LogP contribution >= 0.6 is 15.9 Å². The highest BCUT2D eigenvalue weighted by molar-refractivity contribution is 9.10. The SMILES string of the molecule is CCC1CCCN(c2ccc(C(=N)N)c(Br)c2F)C1. The predicted octanol–water partition coefficient (Wildman–Crippen LogP) is 3.50. The van der Waals surface area contributed by atoms with Gasteiger partial charge in [-0.05, 0) is 46.8 Å². The second kappa shape index (κ2) is 5.90. The van der Waals surface area contributed by atoms with Gasteiger partial charge in [-0.25, -0.2) is 4.39 Å². The van der Waals surface area contributed by atoms with Crippen molar-refractivity contribution in [2.45, 2.75) is 26.2 Å². The van der Waals surface area contributed by atoms with Gasteiger partial charge in [0.15, 0.2) is 5.82 Å². The molecule has 1 aliphatic rings. The van der Waals surface area contributed by atoms with Gasteiger partial charge in [-0.15, -0.1) is 0 Å². The summed E-state index contributed by atoms with van der Waals surface area (Å²) in [6.07, 6.45) is 3.45. The molecule has 1 aromatic carbocycles. The average molecular weight is 328 g/mol. The average Bonchev–Trinajstić information content (AvgIpc) is 2.41. The minimum Gasteiger partial charge on any atom is -0.384 e. The predicted molar refractivity (Wildman–Crippen MR) is 80.3 cm³/mol. The summed E-state index contributed by atoms with van der Waals surface area (Å²) in [5.74, 6) is 0.200. The molecule has 0 radical (unpaired) electrons. The fourth-order valence-corrected chi connectivity index (χ4v) is 3.16. The van der Waals surface area contributed by atoms with Crippen molar-refractivity contribution in [2.75, 3.05) is 18.0 Å². The van der Waals surface area contributed by atoms with Crippen LogP contribution in [0.5, 0.6) is 0 Å². The monoisotopic (exact) mass is 327 g/mol. The second-order valence-electron chi connectivity index (χ2n) is 5.04. The van der Waals surface area contributed by atoms with Crippen LogP contribution in [-0.2, 0) is 0 Å². The summed E-state index contributed by atoms with van der Waals surface area (Å²) in [5, 5.41) is 7.42. The third-order valence-corrected chi connectivity index (χ3v) is 4.56. The Morgan fingerprint density at radius 2 is 2.32 bits per heavy atom. The molecule has 1 fully saturated rings. The molecular formula is C14H19BrFN3. The number of nitrogens with one attached hydrogen (secondary N) is 1. The number of rotatable bonds is 3. The van der Waals surface area contributed by atoms with Crippen LogP contribution in [0.25, 0.3) is 0 Å². The second-order valence-corrected chi connectivity index (χ2v) is 5.83. The Morgan fingerprint density at radius 3 is 2.95 bits per heavy atom. The highest BCUT2D eigenvalue weighted by Gasteiger charge is 2.23. The molecule has 3 nitrogen and oxygen atoms in total. The molecule has 0 spiro atoms. The number of benzene rings is 1. The maximum absolute atomic E-state index is 14.4. The van der Waals surface area contributed by atoms with Gasteiger partial charge in [0.05, 0.1) is 10.2 Å². The van der Waals surface area contributed by atoms with Crippen LogP contribution < -0.4 is 10.6 Å². The van der Waals surface area contributed by atoms with Crippen molar-refractivity contribution >= 4 is 27.5 Å². The van der Waals surface area contributed by atoms with E-state index < -0.39 is 0 Å². The summed E-state index contributed by atoms with van der Waals surface area (Å²) in [6.45, 7) is 3.97. The Balaban J connectivity index is 2.30. The summed E-state index contributed by atoms with van der Waals surface area (Å²) >= 11 is 3.21. The van der Waals surface area contributed by atoms with Gasteiger partial charge in [0, 0.05) is 18.7 Å². The van der Waals surface area contributed by atoms with Crippen molar-refractivity contribution in [3.8, 4) is 0 Å². The van der Waals surface area contributed by atoms with Crippen molar-refractivity contribution < 1.29 is 4.39 Å². The molecule has 1 saturated heterocycles. The molecule has 1 aromatic rings. The molecule has 2 rings (SSSR count). The lowest BCUT2D eigenvalue weighted by molar-refractivity contribution is 0.401. The molecule has 0 amide bonds. The molecule has 0 saturated carbocycles. The number of hydrogen-bond acceptors (Lipinski definition) is 2. The van der Waals surface area contributed by atoms with Crippen LogP contribution in [-0.4, -0.2) is 18.9 Å². The number of nitrogens with two attached hydrogens (primary N) is 1. The Morgan fingerprint density at radius 1 is 1.58 bits per heavy atom. The van der Waals surface area contributed by atoms with E-state index in [-0.39, 0.29) is 16.1 Å². The van der Waals surface area contributed by atoms with Gasteiger partial charge in [0.1, 0.15) is 5.84 Å². The van der Waals surface area contributed by atoms with Gasteiger partial charge in [-0.2, -0.15) is 0 Å². The maximum atomic E-state index is 14.4. The number of amidine groups is 1. The van der Waals surface area contributed by atoms with Crippen LogP contribution in [0.2, 0.25) is 0 Å². The summed E-state index contributed by atoms with van der Waals surface area (Å²) in [7, 11) is 0. The molecule has 5 heteroatoms. The van der Waals surface area contributed by atoms with Crippen molar-refractivity contribution in [1.82, 2.24) is 0 Å². The molecule has 3 N–H and O–H groups in total. The van der Waals surface area contributed by atoms with E-state index in [4.69, 9.17) is 11.1 Å². The lowest BCUT2D eigenvalue weighted by atomic mass is 9.95. The molecule has 0 bridgehead atoms. The number of nitrogens with zero attached hydrogens (tertiary/aromatic N) is 1. The topological polar surface area (TPSA) is 53.1 Å². The summed E-state index contributed by atoms with van der Waals surface area (Å²) < 4.78 is 14.7. The lowest BCUT2D eigenvalue weighted by Gasteiger charge is -2.34. The summed E-state index contributed by atoms with van der Waals surface area (Å²) in [6, 6.07) is 3.44. The highest BCUT2D eigenvalue weighted by Crippen LogP contribution is 2.32. The molecule has 104 valence electrons. The van der Waals surface area contributed by atoms with Gasteiger partial charge in [-0.3, -0.25) is 5.41 Å². The normalized spacial score (nSPS) is 19.5. The van der Waals surface area contributed by atoms with E-state index in [1.165, 1.54) is 6.42 Å². The van der Waals surface area contributed by atoms with E-state index in [0.29, 0.717) is 17.2 Å². The van der Waals surface area contributed by atoms with Gasteiger partial charge < -0.3 is 10.6 Å². The van der Waals surface area contributed by atoms with E-state index in [1.54, 1.807) is 12.1 Å². The molecule has 0 aliphatic carbocycles. The van der Waals surface area contributed by atoms with Crippen molar-refractivity contribution in [3.63, 3.8) is 0 Å². The zero-order chi connectivity index (χ0) is 14.0. The molecule has 1 aliphatic heterocycles. The van der Waals surface area contributed by atoms with Gasteiger partial charge >= 0.3 is 0 Å². The molecular weight excluding hydrogens is 309 g/mol. The summed E-state index contributed by atoms with van der Waals surface area (Å²) in [5.41, 5.74) is 6.44. The lowest BCUT2D eigenvalue weighted by Crippen LogP contribution is -2.35. The first-order valence-corrected chi connectivity index (χ1v) is 7.41. The zero-order valence-electron chi connectivity index (χ0n) is 11.0. The number of halogens is 2. The van der Waals surface area contributed by atoms with E-state index in [9.17, 15) is 4.39 Å². The first-order chi connectivity index (χ1) is 9.04. The highest BCUT2D eigenvalue weighted by atomic mass is 79.9. The van der Waals surface area contributed by atoms with Crippen molar-refractivity contribution in [3.05, 3.63) is 28.0 Å². The third-order valence-electron chi connectivity index (χ3n) is 3.79. The Hall–Kier alpha value is -1.10. The quantitative estimate of drug-likeness (QED) is 0.659. The van der Waals surface area contributed by atoms with Crippen LogP contribution in [0, 0.1) is 17.1 Å². The molecule has 0 aromatic heterocycles.